The molecule has 1 saturated heterocycles. The van der Waals surface area contributed by atoms with Crippen molar-refractivity contribution in [1.29, 1.82) is 0 Å². The quantitative estimate of drug-likeness (QED) is 0.453. The summed E-state index contributed by atoms with van der Waals surface area (Å²) in [5.41, 5.74) is 2.90. The van der Waals surface area contributed by atoms with E-state index < -0.39 is 23.5 Å². The van der Waals surface area contributed by atoms with Gasteiger partial charge in [-0.2, -0.15) is 13.2 Å². The van der Waals surface area contributed by atoms with Crippen molar-refractivity contribution in [2.24, 2.45) is 0 Å². The van der Waals surface area contributed by atoms with Crippen molar-refractivity contribution in [2.45, 2.75) is 82.5 Å². The van der Waals surface area contributed by atoms with Crippen LogP contribution in [0.2, 0.25) is 0 Å². The highest BCUT2D eigenvalue weighted by Crippen LogP contribution is 2.37. The van der Waals surface area contributed by atoms with E-state index in [-0.39, 0.29) is 30.6 Å². The second-order valence-corrected chi connectivity index (χ2v) is 11.1. The van der Waals surface area contributed by atoms with Crippen LogP contribution in [0.1, 0.15) is 63.7 Å². The highest BCUT2D eigenvalue weighted by atomic mass is 19.4. The number of alkyl halides is 3. The molecule has 0 aromatic heterocycles. The molecule has 4 rings (SSSR count). The molecule has 0 radical (unpaired) electrons. The maximum Gasteiger partial charge on any atom is 0.416 e. The molecule has 0 spiro atoms. The van der Waals surface area contributed by atoms with E-state index in [4.69, 9.17) is 4.74 Å². The number of likely N-dealkylation sites (tertiary alicyclic amines) is 1. The first kappa shape index (κ1) is 27.5. The predicted molar refractivity (Wildman–Crippen MR) is 133 cm³/mol. The first-order chi connectivity index (χ1) is 17.3. The van der Waals surface area contributed by atoms with Gasteiger partial charge in [0.25, 0.3) is 0 Å². The first-order valence-corrected chi connectivity index (χ1v) is 12.8. The van der Waals surface area contributed by atoms with Crippen LogP contribution in [0.25, 0.3) is 0 Å². The maximum atomic E-state index is 13.1. The minimum atomic E-state index is -4.43. The molecule has 0 bridgehead atoms. The number of hydrogen-bond acceptors (Lipinski definition) is 7. The Balaban J connectivity index is 1.16. The van der Waals surface area contributed by atoms with E-state index in [0.717, 1.165) is 50.9 Å². The number of alkyl carbamates (subject to hydrolysis) is 1. The molecule has 1 aromatic carbocycles. The van der Waals surface area contributed by atoms with Gasteiger partial charge in [-0.25, -0.2) is 10.2 Å². The molecule has 1 aliphatic carbocycles. The molecule has 1 aromatic rings. The van der Waals surface area contributed by atoms with E-state index in [1.165, 1.54) is 6.07 Å². The lowest BCUT2D eigenvalue weighted by molar-refractivity contribution is -0.137. The van der Waals surface area contributed by atoms with Crippen LogP contribution in [-0.2, 0) is 15.7 Å². The average molecular weight is 527 g/mol. The Kier molecular flexibility index (Phi) is 7.91. The number of carbonyl (C=O) groups excluding carboxylic acids is 2. The number of amides is 2. The minimum absolute atomic E-state index is 0.0147. The smallest absolute Gasteiger partial charge is 0.416 e. The molecule has 3 aliphatic rings. The molecule has 9 nitrogen and oxygen atoms in total. The molecule has 37 heavy (non-hydrogen) atoms. The SMILES string of the molecule is CN1NC(NCC(=O)NC2CN(C3CCC(NC(=O)OC(C)(C)C)CC3)C2)c2cc(C(F)(F)F)ccc21. The van der Waals surface area contributed by atoms with Crippen molar-refractivity contribution < 1.29 is 27.5 Å². The molecule has 4 N–H and O–H groups in total. The fourth-order valence-corrected chi connectivity index (χ4v) is 5.19. The number of ether oxygens (including phenoxy) is 1. The topological polar surface area (TPSA) is 98.0 Å². The van der Waals surface area contributed by atoms with Crippen LogP contribution in [-0.4, -0.2) is 67.3 Å². The van der Waals surface area contributed by atoms with Crippen LogP contribution in [0, 0.1) is 0 Å². The predicted octanol–water partition coefficient (Wildman–Crippen LogP) is 2.88. The maximum absolute atomic E-state index is 13.1. The number of carbonyl (C=O) groups is 2. The third kappa shape index (κ3) is 7.05. The lowest BCUT2D eigenvalue weighted by Crippen LogP contribution is -2.63. The van der Waals surface area contributed by atoms with Crippen LogP contribution >= 0.6 is 0 Å². The number of halogens is 3. The van der Waals surface area contributed by atoms with Crippen LogP contribution in [0.5, 0.6) is 0 Å². The molecule has 2 fully saturated rings. The first-order valence-electron chi connectivity index (χ1n) is 12.8. The summed E-state index contributed by atoms with van der Waals surface area (Å²) in [6, 6.07) is 4.20. The van der Waals surface area contributed by atoms with E-state index in [1.807, 2.05) is 20.8 Å². The third-order valence-corrected chi connectivity index (χ3v) is 7.03. The lowest BCUT2D eigenvalue weighted by atomic mass is 9.88. The molecule has 2 aliphatic heterocycles. The Morgan fingerprint density at radius 2 is 1.73 bits per heavy atom. The summed E-state index contributed by atoms with van der Waals surface area (Å²) in [5, 5.41) is 10.6. The molecule has 1 saturated carbocycles. The summed E-state index contributed by atoms with van der Waals surface area (Å²) < 4.78 is 44.7. The molecule has 12 heteroatoms. The molecule has 1 unspecified atom stereocenters. The molecule has 206 valence electrons. The zero-order valence-corrected chi connectivity index (χ0v) is 21.7. The van der Waals surface area contributed by atoms with Crippen molar-refractivity contribution in [3.63, 3.8) is 0 Å². The minimum Gasteiger partial charge on any atom is -0.444 e. The van der Waals surface area contributed by atoms with E-state index >= 15 is 0 Å². The number of anilines is 1. The molecule has 2 amide bonds. The normalized spacial score (nSPS) is 24.8. The Morgan fingerprint density at radius 3 is 2.35 bits per heavy atom. The molecular formula is C25H37F3N6O3. The summed E-state index contributed by atoms with van der Waals surface area (Å²) in [5.74, 6) is -0.195. The highest BCUT2D eigenvalue weighted by molar-refractivity contribution is 5.78. The third-order valence-electron chi connectivity index (χ3n) is 7.03. The average Bonchev–Trinajstić information content (AvgIpc) is 3.08. The van der Waals surface area contributed by atoms with Crippen molar-refractivity contribution in [1.82, 2.24) is 26.3 Å². The second-order valence-electron chi connectivity index (χ2n) is 11.1. The second kappa shape index (κ2) is 10.7. The van der Waals surface area contributed by atoms with E-state index in [0.29, 0.717) is 17.3 Å². The van der Waals surface area contributed by atoms with E-state index in [1.54, 1.807) is 12.1 Å². The zero-order chi connectivity index (χ0) is 27.0. The Hall–Kier alpha value is -2.57. The van der Waals surface area contributed by atoms with Crippen molar-refractivity contribution >= 4 is 17.7 Å². The monoisotopic (exact) mass is 526 g/mol. The van der Waals surface area contributed by atoms with Crippen LogP contribution in [0.4, 0.5) is 23.7 Å². The van der Waals surface area contributed by atoms with Gasteiger partial charge in [0.2, 0.25) is 5.91 Å². The summed E-state index contributed by atoms with van der Waals surface area (Å²) in [7, 11) is 1.72. The van der Waals surface area contributed by atoms with Crippen LogP contribution in [0.15, 0.2) is 18.2 Å². The van der Waals surface area contributed by atoms with E-state index in [9.17, 15) is 22.8 Å². The fourth-order valence-electron chi connectivity index (χ4n) is 5.19. The number of nitrogens with one attached hydrogen (secondary N) is 4. The summed E-state index contributed by atoms with van der Waals surface area (Å²) >= 11 is 0. The van der Waals surface area contributed by atoms with Crippen molar-refractivity contribution in [3.8, 4) is 0 Å². The summed E-state index contributed by atoms with van der Waals surface area (Å²) in [4.78, 5) is 26.8. The molecular weight excluding hydrogens is 489 g/mol. The Morgan fingerprint density at radius 1 is 1.05 bits per heavy atom. The van der Waals surface area contributed by atoms with Gasteiger partial charge in [0.15, 0.2) is 0 Å². The fraction of sp³-hybridized carbons (Fsp3) is 0.680. The highest BCUT2D eigenvalue weighted by Gasteiger charge is 2.37. The lowest BCUT2D eigenvalue weighted by Gasteiger charge is -2.46. The van der Waals surface area contributed by atoms with Gasteiger partial charge in [-0.15, -0.1) is 0 Å². The van der Waals surface area contributed by atoms with Gasteiger partial charge in [0.05, 0.1) is 23.8 Å². The number of rotatable bonds is 6. The Labute approximate surface area is 215 Å². The number of benzene rings is 1. The van der Waals surface area contributed by atoms with Gasteiger partial charge in [-0.3, -0.25) is 15.0 Å². The van der Waals surface area contributed by atoms with Gasteiger partial charge in [0, 0.05) is 37.8 Å². The van der Waals surface area contributed by atoms with Crippen molar-refractivity contribution in [3.05, 3.63) is 29.3 Å². The molecule has 2 heterocycles. The van der Waals surface area contributed by atoms with Gasteiger partial charge < -0.3 is 20.4 Å². The largest absolute Gasteiger partial charge is 0.444 e. The number of nitrogens with zero attached hydrogens (tertiary/aromatic N) is 2. The molecule has 1 atom stereocenters. The number of fused-ring (bicyclic) bond motifs is 1. The zero-order valence-electron chi connectivity index (χ0n) is 21.7. The van der Waals surface area contributed by atoms with Gasteiger partial charge in [-0.1, -0.05) is 0 Å². The number of hydrazine groups is 1. The summed E-state index contributed by atoms with van der Waals surface area (Å²) in [6.45, 7) is 7.05. The van der Waals surface area contributed by atoms with Crippen molar-refractivity contribution in [2.75, 3.05) is 31.7 Å². The van der Waals surface area contributed by atoms with Gasteiger partial charge in [0.1, 0.15) is 11.8 Å². The summed E-state index contributed by atoms with van der Waals surface area (Å²) in [6.07, 6.45) is -1.66. The standard InChI is InChI=1S/C25H37F3N6O3/c1-24(2,3)37-23(36)31-16-6-8-18(9-7-16)34-13-17(14-34)30-21(35)12-29-22-19-11-15(25(26,27)28)5-10-20(19)33(4)32-22/h5,10-11,16-18,22,29,32H,6-9,12-14H2,1-4H3,(H,30,35)(H,31,36). The van der Waals surface area contributed by atoms with Gasteiger partial charge >= 0.3 is 12.3 Å². The Bertz CT molecular complexity index is 985. The van der Waals surface area contributed by atoms with Gasteiger partial charge in [-0.05, 0) is 64.7 Å². The van der Waals surface area contributed by atoms with Crippen LogP contribution in [0.3, 0.4) is 0 Å². The van der Waals surface area contributed by atoms with E-state index in [2.05, 4.69) is 26.3 Å². The number of hydrogen-bond donors (Lipinski definition) is 4. The van der Waals surface area contributed by atoms with Crippen LogP contribution < -0.4 is 26.4 Å².